The summed E-state index contributed by atoms with van der Waals surface area (Å²) in [5.74, 6) is 0. The fourth-order valence-corrected chi connectivity index (χ4v) is 2.59. The Morgan fingerprint density at radius 3 is 2.67 bits per heavy atom. The van der Waals surface area contributed by atoms with Gasteiger partial charge in [-0.05, 0) is 31.4 Å². The lowest BCUT2D eigenvalue weighted by Crippen LogP contribution is -2.41. The molecule has 0 spiro atoms. The highest BCUT2D eigenvalue weighted by atomic mass is 35.5. The van der Waals surface area contributed by atoms with Crippen LogP contribution in [0.1, 0.15) is 24.8 Å². The molecule has 15 heavy (non-hydrogen) atoms. The average Bonchev–Trinajstić information content (AvgIpc) is 2.55. The molecule has 1 N–H and O–H groups in total. The summed E-state index contributed by atoms with van der Waals surface area (Å²) in [5.41, 5.74) is -0.491. The molecule has 0 atom stereocenters. The molecule has 1 fully saturated rings. The van der Waals surface area contributed by atoms with Crippen LogP contribution in [0.3, 0.4) is 0 Å². The molecule has 1 aromatic heterocycles. The molecule has 0 aliphatic carbocycles. The van der Waals surface area contributed by atoms with Crippen molar-refractivity contribution in [2.75, 3.05) is 13.1 Å². The van der Waals surface area contributed by atoms with Crippen molar-refractivity contribution in [3.05, 3.63) is 9.47 Å². The van der Waals surface area contributed by atoms with Crippen molar-refractivity contribution in [3.63, 3.8) is 0 Å². The third-order valence-corrected chi connectivity index (χ3v) is 3.74. The zero-order valence-electron chi connectivity index (χ0n) is 8.61. The van der Waals surface area contributed by atoms with E-state index >= 15 is 0 Å². The van der Waals surface area contributed by atoms with Crippen molar-refractivity contribution in [2.24, 2.45) is 0 Å². The van der Waals surface area contributed by atoms with Gasteiger partial charge in [-0.1, -0.05) is 11.3 Å². The van der Waals surface area contributed by atoms with Gasteiger partial charge in [0, 0.05) is 13.1 Å². The number of aliphatic hydroxyl groups is 1. The smallest absolute Gasteiger partial charge is 0.207 e. The summed E-state index contributed by atoms with van der Waals surface area (Å²) < 4.78 is 0.494. The quantitative estimate of drug-likeness (QED) is 0.861. The molecule has 2 heterocycles. The third kappa shape index (κ3) is 3.11. The molecule has 0 bridgehead atoms. The van der Waals surface area contributed by atoms with Crippen LogP contribution >= 0.6 is 22.9 Å². The Balaban J connectivity index is 1.87. The predicted molar refractivity (Wildman–Crippen MR) is 60.1 cm³/mol. The van der Waals surface area contributed by atoms with Gasteiger partial charge in [0.2, 0.25) is 4.47 Å². The van der Waals surface area contributed by atoms with Crippen molar-refractivity contribution in [3.8, 4) is 0 Å². The Labute approximate surface area is 97.9 Å². The molecule has 0 aromatic carbocycles. The minimum Gasteiger partial charge on any atom is -0.390 e. The van der Waals surface area contributed by atoms with E-state index in [1.165, 1.54) is 11.3 Å². The molecule has 1 aliphatic rings. The first-order valence-corrected chi connectivity index (χ1v) is 6.17. The number of rotatable bonds is 2. The van der Waals surface area contributed by atoms with Crippen molar-refractivity contribution in [1.82, 2.24) is 15.1 Å². The summed E-state index contributed by atoms with van der Waals surface area (Å²) in [7, 11) is 0. The second-order valence-electron chi connectivity index (χ2n) is 4.22. The van der Waals surface area contributed by atoms with Crippen LogP contribution in [-0.2, 0) is 6.54 Å². The SMILES string of the molecule is CC1(O)CCN(Cc2nnc(Cl)s2)CC1. The summed E-state index contributed by atoms with van der Waals surface area (Å²) in [4.78, 5) is 2.27. The minimum absolute atomic E-state index is 0.491. The topological polar surface area (TPSA) is 49.2 Å². The molecule has 0 radical (unpaired) electrons. The van der Waals surface area contributed by atoms with Crippen molar-refractivity contribution >= 4 is 22.9 Å². The maximum atomic E-state index is 9.79. The molecule has 0 amide bonds. The summed E-state index contributed by atoms with van der Waals surface area (Å²) >= 11 is 7.13. The van der Waals surface area contributed by atoms with Crippen LogP contribution in [0.4, 0.5) is 0 Å². The first kappa shape index (κ1) is 11.3. The Morgan fingerprint density at radius 1 is 1.47 bits per heavy atom. The van der Waals surface area contributed by atoms with Gasteiger partial charge in [0.05, 0.1) is 12.1 Å². The maximum Gasteiger partial charge on any atom is 0.207 e. The van der Waals surface area contributed by atoms with E-state index in [1.54, 1.807) is 0 Å². The molecule has 0 saturated carbocycles. The van der Waals surface area contributed by atoms with Gasteiger partial charge in [-0.15, -0.1) is 10.2 Å². The van der Waals surface area contributed by atoms with E-state index in [-0.39, 0.29) is 0 Å². The van der Waals surface area contributed by atoms with Crippen molar-refractivity contribution in [1.29, 1.82) is 0 Å². The van der Waals surface area contributed by atoms with Crippen LogP contribution < -0.4 is 0 Å². The average molecular weight is 248 g/mol. The van der Waals surface area contributed by atoms with Crippen LogP contribution in [0.2, 0.25) is 4.47 Å². The third-order valence-electron chi connectivity index (χ3n) is 2.73. The second kappa shape index (κ2) is 4.33. The number of nitrogens with zero attached hydrogens (tertiary/aromatic N) is 3. The molecule has 4 nitrogen and oxygen atoms in total. The lowest BCUT2D eigenvalue weighted by Gasteiger charge is -2.35. The van der Waals surface area contributed by atoms with E-state index in [2.05, 4.69) is 15.1 Å². The van der Waals surface area contributed by atoms with Gasteiger partial charge in [-0.25, -0.2) is 0 Å². The molecular weight excluding hydrogens is 234 g/mol. The number of hydrogen-bond acceptors (Lipinski definition) is 5. The van der Waals surface area contributed by atoms with Crippen molar-refractivity contribution < 1.29 is 5.11 Å². The van der Waals surface area contributed by atoms with E-state index in [1.807, 2.05) is 6.92 Å². The molecule has 0 unspecified atom stereocenters. The molecule has 2 rings (SSSR count). The summed E-state index contributed by atoms with van der Waals surface area (Å²) in [6, 6.07) is 0. The van der Waals surface area contributed by atoms with E-state index in [0.717, 1.165) is 37.5 Å². The Hall–Kier alpha value is -0.230. The van der Waals surface area contributed by atoms with E-state index in [4.69, 9.17) is 11.6 Å². The zero-order chi connectivity index (χ0) is 10.9. The number of piperidine rings is 1. The Morgan fingerprint density at radius 2 is 2.13 bits per heavy atom. The number of aromatic nitrogens is 2. The lowest BCUT2D eigenvalue weighted by atomic mass is 9.94. The fourth-order valence-electron chi connectivity index (χ4n) is 1.68. The zero-order valence-corrected chi connectivity index (χ0v) is 10.2. The van der Waals surface area contributed by atoms with Gasteiger partial charge in [-0.2, -0.15) is 0 Å². The maximum absolute atomic E-state index is 9.79. The molecule has 1 aliphatic heterocycles. The Kier molecular flexibility index (Phi) is 3.25. The number of halogens is 1. The van der Waals surface area contributed by atoms with Crippen LogP contribution in [0, 0.1) is 0 Å². The highest BCUT2D eigenvalue weighted by Crippen LogP contribution is 2.23. The van der Waals surface area contributed by atoms with Crippen LogP contribution in [0.5, 0.6) is 0 Å². The number of hydrogen-bond donors (Lipinski definition) is 1. The monoisotopic (exact) mass is 247 g/mol. The van der Waals surface area contributed by atoms with Gasteiger partial charge in [-0.3, -0.25) is 4.90 Å². The highest BCUT2D eigenvalue weighted by molar-refractivity contribution is 7.15. The summed E-state index contributed by atoms with van der Waals surface area (Å²) in [6.45, 7) is 4.50. The normalized spacial score (nSPS) is 21.8. The van der Waals surface area contributed by atoms with Crippen LogP contribution in [0.25, 0.3) is 0 Å². The first-order valence-electron chi connectivity index (χ1n) is 4.98. The van der Waals surface area contributed by atoms with Crippen LogP contribution in [0.15, 0.2) is 0 Å². The summed E-state index contributed by atoms with van der Waals surface area (Å²) in [6.07, 6.45) is 1.64. The molecule has 84 valence electrons. The highest BCUT2D eigenvalue weighted by Gasteiger charge is 2.27. The Bertz CT molecular complexity index is 332. The van der Waals surface area contributed by atoms with E-state index in [9.17, 15) is 5.11 Å². The van der Waals surface area contributed by atoms with E-state index in [0.29, 0.717) is 4.47 Å². The second-order valence-corrected chi connectivity index (χ2v) is 5.87. The fraction of sp³-hybridized carbons (Fsp3) is 0.778. The first-order chi connectivity index (χ1) is 7.05. The molecule has 6 heteroatoms. The molecule has 1 saturated heterocycles. The summed E-state index contributed by atoms with van der Waals surface area (Å²) in [5, 5.41) is 18.5. The van der Waals surface area contributed by atoms with Gasteiger partial charge in [0.25, 0.3) is 0 Å². The van der Waals surface area contributed by atoms with Gasteiger partial charge in [0.1, 0.15) is 5.01 Å². The van der Waals surface area contributed by atoms with E-state index < -0.39 is 5.60 Å². The van der Waals surface area contributed by atoms with Crippen LogP contribution in [-0.4, -0.2) is 38.9 Å². The van der Waals surface area contributed by atoms with Gasteiger partial charge >= 0.3 is 0 Å². The van der Waals surface area contributed by atoms with Crippen molar-refractivity contribution in [2.45, 2.75) is 31.9 Å². The molecular formula is C9H14ClN3OS. The van der Waals surface area contributed by atoms with Gasteiger partial charge in [0.15, 0.2) is 0 Å². The standard InChI is InChI=1S/C9H14ClN3OS/c1-9(14)2-4-13(5-3-9)6-7-11-12-8(10)15-7/h14H,2-6H2,1H3. The molecule has 1 aromatic rings. The number of likely N-dealkylation sites (tertiary alicyclic amines) is 1. The minimum atomic E-state index is -0.491. The predicted octanol–water partition coefficient (Wildman–Crippen LogP) is 1.54. The van der Waals surface area contributed by atoms with Gasteiger partial charge < -0.3 is 5.11 Å². The lowest BCUT2D eigenvalue weighted by molar-refractivity contribution is -0.00734. The largest absolute Gasteiger partial charge is 0.390 e.